The number of hydrogen-bond acceptors (Lipinski definition) is 3. The van der Waals surface area contributed by atoms with E-state index < -0.39 is 0 Å². The zero-order valence-corrected chi connectivity index (χ0v) is 11.5. The lowest BCUT2D eigenvalue weighted by Crippen LogP contribution is -2.22. The summed E-state index contributed by atoms with van der Waals surface area (Å²) in [7, 11) is 0. The Bertz CT molecular complexity index is 657. The molecule has 106 valence electrons. The maximum Gasteiger partial charge on any atom is 0.251 e. The average molecular weight is 280 g/mol. The highest BCUT2D eigenvalue weighted by atomic mass is 16.2. The maximum atomic E-state index is 12.1. The van der Waals surface area contributed by atoms with Crippen LogP contribution in [0.25, 0.3) is 0 Å². The maximum absolute atomic E-state index is 12.1. The van der Waals surface area contributed by atoms with Crippen molar-refractivity contribution in [3.8, 4) is 11.8 Å². The van der Waals surface area contributed by atoms with Crippen LogP contribution >= 0.6 is 0 Å². The first kappa shape index (κ1) is 14.8. The zero-order valence-electron chi connectivity index (χ0n) is 11.5. The van der Waals surface area contributed by atoms with Crippen LogP contribution in [0.5, 0.6) is 0 Å². The summed E-state index contributed by atoms with van der Waals surface area (Å²) in [6, 6.07) is 10.9. The van der Waals surface area contributed by atoms with Gasteiger partial charge in [0.25, 0.3) is 5.91 Å². The number of rotatable bonds is 4. The third-order valence-electron chi connectivity index (χ3n) is 2.77. The predicted octanol–water partition coefficient (Wildman–Crippen LogP) is 1.75. The van der Waals surface area contributed by atoms with E-state index in [0.29, 0.717) is 18.5 Å². The van der Waals surface area contributed by atoms with E-state index in [1.54, 1.807) is 30.6 Å². The van der Waals surface area contributed by atoms with Crippen molar-refractivity contribution in [2.24, 2.45) is 0 Å². The first-order valence-electron chi connectivity index (χ1n) is 6.66. The van der Waals surface area contributed by atoms with Crippen molar-refractivity contribution < 1.29 is 9.90 Å². The molecule has 1 aromatic carbocycles. The van der Waals surface area contributed by atoms with E-state index in [9.17, 15) is 4.79 Å². The summed E-state index contributed by atoms with van der Waals surface area (Å²) in [5.74, 6) is 5.60. The summed E-state index contributed by atoms with van der Waals surface area (Å²) in [5.41, 5.74) is 2.27. The number of nitrogens with zero attached hydrogens (tertiary/aromatic N) is 1. The molecule has 0 fully saturated rings. The van der Waals surface area contributed by atoms with Gasteiger partial charge in [-0.05, 0) is 29.8 Å². The van der Waals surface area contributed by atoms with Crippen LogP contribution in [0, 0.1) is 11.8 Å². The molecule has 4 nitrogen and oxygen atoms in total. The number of aliphatic hydroxyl groups excluding tert-OH is 1. The van der Waals surface area contributed by atoms with Gasteiger partial charge in [0.1, 0.15) is 0 Å². The fourth-order valence-corrected chi connectivity index (χ4v) is 1.75. The van der Waals surface area contributed by atoms with Gasteiger partial charge in [-0.3, -0.25) is 9.78 Å². The first-order chi connectivity index (χ1) is 10.3. The van der Waals surface area contributed by atoms with Gasteiger partial charge in [0.2, 0.25) is 0 Å². The molecule has 1 heterocycles. The number of hydrogen-bond donors (Lipinski definition) is 2. The van der Waals surface area contributed by atoms with E-state index >= 15 is 0 Å². The van der Waals surface area contributed by atoms with Gasteiger partial charge in [-0.25, -0.2) is 0 Å². The number of nitrogens with one attached hydrogen (secondary N) is 1. The van der Waals surface area contributed by atoms with Crippen molar-refractivity contribution in [3.05, 3.63) is 65.5 Å². The molecule has 0 bridgehead atoms. The van der Waals surface area contributed by atoms with Crippen molar-refractivity contribution in [1.29, 1.82) is 0 Å². The van der Waals surface area contributed by atoms with Crippen molar-refractivity contribution in [2.45, 2.75) is 13.0 Å². The Morgan fingerprint density at radius 2 is 2.19 bits per heavy atom. The molecule has 4 heteroatoms. The second-order valence-electron chi connectivity index (χ2n) is 4.40. The average Bonchev–Trinajstić information content (AvgIpc) is 2.54. The van der Waals surface area contributed by atoms with Crippen LogP contribution in [0.4, 0.5) is 0 Å². The molecule has 0 aliphatic rings. The summed E-state index contributed by atoms with van der Waals surface area (Å²) in [5, 5.41) is 11.5. The van der Waals surface area contributed by atoms with Crippen LogP contribution < -0.4 is 5.32 Å². The van der Waals surface area contributed by atoms with Gasteiger partial charge >= 0.3 is 0 Å². The number of amides is 1. The lowest BCUT2D eigenvalue weighted by atomic mass is 10.1. The molecule has 0 spiro atoms. The summed E-state index contributed by atoms with van der Waals surface area (Å²) >= 11 is 0. The van der Waals surface area contributed by atoms with Crippen molar-refractivity contribution in [2.75, 3.05) is 6.61 Å². The molecule has 1 amide bonds. The molecule has 0 atom stereocenters. The number of aromatic nitrogens is 1. The minimum absolute atomic E-state index is 0.0400. The van der Waals surface area contributed by atoms with Gasteiger partial charge in [-0.1, -0.05) is 24.0 Å². The van der Waals surface area contributed by atoms with Crippen molar-refractivity contribution in [1.82, 2.24) is 10.3 Å². The lowest BCUT2D eigenvalue weighted by Gasteiger charge is -2.05. The molecule has 0 aliphatic heterocycles. The summed E-state index contributed by atoms with van der Waals surface area (Å²) in [4.78, 5) is 16.1. The van der Waals surface area contributed by atoms with Crippen molar-refractivity contribution >= 4 is 5.91 Å². The van der Waals surface area contributed by atoms with Gasteiger partial charge in [0.05, 0.1) is 6.61 Å². The topological polar surface area (TPSA) is 62.2 Å². The smallest absolute Gasteiger partial charge is 0.251 e. The van der Waals surface area contributed by atoms with E-state index in [1.165, 1.54) is 0 Å². The molecule has 0 radical (unpaired) electrons. The van der Waals surface area contributed by atoms with E-state index in [1.807, 2.05) is 18.2 Å². The third kappa shape index (κ3) is 4.75. The molecule has 0 aliphatic carbocycles. The zero-order chi connectivity index (χ0) is 14.9. The minimum Gasteiger partial charge on any atom is -0.395 e. The Morgan fingerprint density at radius 1 is 1.29 bits per heavy atom. The standard InChI is InChI=1S/C17H16N2O2/c20-10-2-1-5-14-6-3-8-16(11-14)17(21)19-13-15-7-4-9-18-12-15/h3-4,6-9,11-12,20H,2,10,13H2,(H,19,21). The lowest BCUT2D eigenvalue weighted by molar-refractivity contribution is 0.0951. The monoisotopic (exact) mass is 280 g/mol. The van der Waals surface area contributed by atoms with Crippen LogP contribution in [0.15, 0.2) is 48.8 Å². The van der Waals surface area contributed by atoms with Crippen molar-refractivity contribution in [3.63, 3.8) is 0 Å². The highest BCUT2D eigenvalue weighted by Gasteiger charge is 2.05. The molecular formula is C17H16N2O2. The van der Waals surface area contributed by atoms with Crippen LogP contribution in [-0.2, 0) is 6.54 Å². The molecule has 0 saturated carbocycles. The van der Waals surface area contributed by atoms with Gasteiger partial charge in [0, 0.05) is 36.5 Å². The van der Waals surface area contributed by atoms with Crippen LogP contribution in [0.1, 0.15) is 27.9 Å². The van der Waals surface area contributed by atoms with Crippen LogP contribution in [0.2, 0.25) is 0 Å². The molecule has 2 N–H and O–H groups in total. The van der Waals surface area contributed by atoms with E-state index in [2.05, 4.69) is 22.1 Å². The molecule has 2 aromatic rings. The molecule has 21 heavy (non-hydrogen) atoms. The van der Waals surface area contributed by atoms with Crippen LogP contribution in [0.3, 0.4) is 0 Å². The molecule has 2 rings (SSSR count). The minimum atomic E-state index is -0.148. The van der Waals surface area contributed by atoms with Gasteiger partial charge in [-0.2, -0.15) is 0 Å². The fraction of sp³-hybridized carbons (Fsp3) is 0.176. The Labute approximate surface area is 123 Å². The highest BCUT2D eigenvalue weighted by molar-refractivity contribution is 5.94. The van der Waals surface area contributed by atoms with E-state index in [4.69, 9.17) is 5.11 Å². The first-order valence-corrected chi connectivity index (χ1v) is 6.66. The Kier molecular flexibility index (Phi) is 5.50. The molecular weight excluding hydrogens is 264 g/mol. The van der Waals surface area contributed by atoms with Gasteiger partial charge in [0.15, 0.2) is 0 Å². The molecule has 1 aromatic heterocycles. The third-order valence-corrected chi connectivity index (χ3v) is 2.77. The van der Waals surface area contributed by atoms with E-state index in [-0.39, 0.29) is 12.5 Å². The molecule has 0 saturated heterocycles. The summed E-state index contributed by atoms with van der Waals surface area (Å²) in [6.07, 6.45) is 3.84. The van der Waals surface area contributed by atoms with E-state index in [0.717, 1.165) is 11.1 Å². The summed E-state index contributed by atoms with van der Waals surface area (Å²) < 4.78 is 0. The largest absolute Gasteiger partial charge is 0.395 e. The van der Waals surface area contributed by atoms with Gasteiger partial charge in [-0.15, -0.1) is 0 Å². The summed E-state index contributed by atoms with van der Waals surface area (Å²) in [6.45, 7) is 0.478. The van der Waals surface area contributed by atoms with Crippen LogP contribution in [-0.4, -0.2) is 22.6 Å². The number of aliphatic hydroxyl groups is 1. The Balaban J connectivity index is 1.99. The Morgan fingerprint density at radius 3 is 2.95 bits per heavy atom. The number of carbonyl (C=O) groups excluding carboxylic acids is 1. The second kappa shape index (κ2) is 7.83. The quantitative estimate of drug-likeness (QED) is 0.839. The molecule has 0 unspecified atom stereocenters. The number of pyridine rings is 1. The second-order valence-corrected chi connectivity index (χ2v) is 4.40. The Hall–Kier alpha value is -2.64. The number of benzene rings is 1. The normalized spacial score (nSPS) is 9.57. The highest BCUT2D eigenvalue weighted by Crippen LogP contribution is 2.05. The SMILES string of the molecule is O=C(NCc1cccnc1)c1cccc(C#CCCO)c1. The predicted molar refractivity (Wildman–Crippen MR) is 80.4 cm³/mol. The van der Waals surface area contributed by atoms with Gasteiger partial charge < -0.3 is 10.4 Å². The number of carbonyl (C=O) groups is 1. The fourth-order valence-electron chi connectivity index (χ4n) is 1.75.